The lowest BCUT2D eigenvalue weighted by atomic mass is 9.92. The van der Waals surface area contributed by atoms with E-state index < -0.39 is 0 Å². The summed E-state index contributed by atoms with van der Waals surface area (Å²) in [7, 11) is 0. The zero-order valence-corrected chi connectivity index (χ0v) is 11.0. The normalized spacial score (nSPS) is 13.1. The Labute approximate surface area is 101 Å². The Hall–Kier alpha value is -0.340. The molecule has 1 aromatic carbocycles. The zero-order valence-electron chi connectivity index (χ0n) is 9.41. The maximum Gasteiger partial charge on any atom is 0.0608 e. The molecule has 0 spiro atoms. The van der Waals surface area contributed by atoms with Crippen LogP contribution in [-0.2, 0) is 6.42 Å². The Bertz CT molecular complexity index is 294. The van der Waals surface area contributed by atoms with E-state index in [0.717, 1.165) is 23.7 Å². The number of rotatable bonds is 5. The minimum atomic E-state index is -0.223. The molecular formula is C13H19BrO. The maximum atomic E-state index is 10.1. The van der Waals surface area contributed by atoms with Gasteiger partial charge >= 0.3 is 0 Å². The lowest BCUT2D eigenvalue weighted by Crippen LogP contribution is -2.21. The highest BCUT2D eigenvalue weighted by Gasteiger charge is 2.16. The van der Waals surface area contributed by atoms with Crippen LogP contribution < -0.4 is 0 Å². The molecule has 0 radical (unpaired) electrons. The first-order valence-corrected chi connectivity index (χ1v) is 6.39. The second-order valence-corrected chi connectivity index (χ2v) is 4.79. The summed E-state index contributed by atoms with van der Waals surface area (Å²) in [5, 5.41) is 10.1. The maximum absolute atomic E-state index is 10.1. The average molecular weight is 271 g/mol. The molecule has 1 rings (SSSR count). The van der Waals surface area contributed by atoms with Crippen molar-refractivity contribution >= 4 is 15.9 Å². The zero-order chi connectivity index (χ0) is 11.3. The third-order valence-corrected chi connectivity index (χ3v) is 3.75. The number of aliphatic hydroxyl groups is 1. The van der Waals surface area contributed by atoms with E-state index in [1.165, 1.54) is 5.56 Å². The first-order valence-electron chi connectivity index (χ1n) is 5.60. The molecule has 0 aliphatic carbocycles. The summed E-state index contributed by atoms with van der Waals surface area (Å²) in [5.74, 6) is 0.414. The Morgan fingerprint density at radius 2 is 1.80 bits per heavy atom. The van der Waals surface area contributed by atoms with Gasteiger partial charge in [0.1, 0.15) is 0 Å². The molecule has 1 unspecified atom stereocenters. The summed E-state index contributed by atoms with van der Waals surface area (Å²) in [5.41, 5.74) is 1.19. The first-order chi connectivity index (χ1) is 7.19. The van der Waals surface area contributed by atoms with Gasteiger partial charge in [0.25, 0.3) is 0 Å². The molecule has 1 nitrogen and oxygen atoms in total. The van der Waals surface area contributed by atoms with Crippen LogP contribution >= 0.6 is 15.9 Å². The minimum Gasteiger partial charge on any atom is -0.392 e. The summed E-state index contributed by atoms with van der Waals surface area (Å²) in [6.45, 7) is 4.27. The Morgan fingerprint density at radius 1 is 1.20 bits per heavy atom. The number of aliphatic hydroxyl groups excluding tert-OH is 1. The van der Waals surface area contributed by atoms with Gasteiger partial charge in [-0.05, 0) is 24.0 Å². The van der Waals surface area contributed by atoms with Crippen molar-refractivity contribution in [2.24, 2.45) is 5.92 Å². The molecule has 0 amide bonds. The van der Waals surface area contributed by atoms with E-state index in [1.807, 2.05) is 18.2 Å². The Morgan fingerprint density at radius 3 is 2.33 bits per heavy atom. The summed E-state index contributed by atoms with van der Waals surface area (Å²) in [4.78, 5) is 0. The number of hydrogen-bond acceptors (Lipinski definition) is 1. The summed E-state index contributed by atoms with van der Waals surface area (Å²) < 4.78 is 1.09. The van der Waals surface area contributed by atoms with Gasteiger partial charge in [-0.3, -0.25) is 0 Å². The van der Waals surface area contributed by atoms with Gasteiger partial charge in [0.2, 0.25) is 0 Å². The van der Waals surface area contributed by atoms with Crippen molar-refractivity contribution in [3.63, 3.8) is 0 Å². The topological polar surface area (TPSA) is 20.2 Å². The lowest BCUT2D eigenvalue weighted by molar-refractivity contribution is 0.103. The Balaban J connectivity index is 2.65. The quantitative estimate of drug-likeness (QED) is 0.863. The number of halogens is 1. The molecule has 0 fully saturated rings. The predicted molar refractivity (Wildman–Crippen MR) is 67.9 cm³/mol. The first kappa shape index (κ1) is 12.7. The predicted octanol–water partition coefficient (Wildman–Crippen LogP) is 3.79. The molecular weight excluding hydrogens is 252 g/mol. The van der Waals surface area contributed by atoms with Crippen LogP contribution in [0.4, 0.5) is 0 Å². The molecule has 1 aromatic rings. The fourth-order valence-electron chi connectivity index (χ4n) is 1.89. The summed E-state index contributed by atoms with van der Waals surface area (Å²) in [6.07, 6.45) is 2.61. The van der Waals surface area contributed by atoms with Crippen LogP contribution in [-0.4, -0.2) is 11.2 Å². The molecule has 2 heteroatoms. The third-order valence-electron chi connectivity index (χ3n) is 2.98. The van der Waals surface area contributed by atoms with E-state index in [4.69, 9.17) is 0 Å². The molecule has 0 saturated heterocycles. The highest BCUT2D eigenvalue weighted by atomic mass is 79.9. The van der Waals surface area contributed by atoms with Crippen LogP contribution in [0.2, 0.25) is 0 Å². The van der Waals surface area contributed by atoms with Crippen LogP contribution in [0.15, 0.2) is 28.7 Å². The molecule has 0 bridgehead atoms. The van der Waals surface area contributed by atoms with Gasteiger partial charge in [-0.1, -0.05) is 60.8 Å². The molecule has 1 atom stereocenters. The largest absolute Gasteiger partial charge is 0.392 e. The van der Waals surface area contributed by atoms with Crippen molar-refractivity contribution < 1.29 is 5.11 Å². The minimum absolute atomic E-state index is 0.223. The van der Waals surface area contributed by atoms with E-state index in [0.29, 0.717) is 5.92 Å². The van der Waals surface area contributed by atoms with Gasteiger partial charge in [0.05, 0.1) is 6.10 Å². The van der Waals surface area contributed by atoms with Crippen molar-refractivity contribution in [2.75, 3.05) is 0 Å². The lowest BCUT2D eigenvalue weighted by Gasteiger charge is -2.20. The van der Waals surface area contributed by atoms with Crippen LogP contribution in [0, 0.1) is 5.92 Å². The van der Waals surface area contributed by atoms with Gasteiger partial charge in [-0.25, -0.2) is 0 Å². The van der Waals surface area contributed by atoms with Crippen LogP contribution in [0.25, 0.3) is 0 Å². The van der Waals surface area contributed by atoms with E-state index in [9.17, 15) is 5.11 Å². The van der Waals surface area contributed by atoms with E-state index in [2.05, 4.69) is 35.8 Å². The van der Waals surface area contributed by atoms with Gasteiger partial charge in [0.15, 0.2) is 0 Å². The second-order valence-electron chi connectivity index (χ2n) is 3.94. The molecule has 0 aliphatic rings. The number of benzene rings is 1. The van der Waals surface area contributed by atoms with Crippen molar-refractivity contribution in [1.29, 1.82) is 0 Å². The van der Waals surface area contributed by atoms with Gasteiger partial charge < -0.3 is 5.11 Å². The summed E-state index contributed by atoms with van der Waals surface area (Å²) in [6, 6.07) is 8.10. The van der Waals surface area contributed by atoms with Gasteiger partial charge in [0, 0.05) is 4.47 Å². The highest BCUT2D eigenvalue weighted by molar-refractivity contribution is 9.10. The van der Waals surface area contributed by atoms with Crippen LogP contribution in [0.5, 0.6) is 0 Å². The van der Waals surface area contributed by atoms with Gasteiger partial charge in [-0.15, -0.1) is 0 Å². The van der Waals surface area contributed by atoms with Crippen LogP contribution in [0.3, 0.4) is 0 Å². The molecule has 0 aromatic heterocycles. The third kappa shape index (κ3) is 3.62. The van der Waals surface area contributed by atoms with E-state index >= 15 is 0 Å². The smallest absolute Gasteiger partial charge is 0.0608 e. The molecule has 0 aliphatic heterocycles. The van der Waals surface area contributed by atoms with E-state index in [-0.39, 0.29) is 6.10 Å². The van der Waals surface area contributed by atoms with Gasteiger partial charge in [-0.2, -0.15) is 0 Å². The monoisotopic (exact) mass is 270 g/mol. The fourth-order valence-corrected chi connectivity index (χ4v) is 2.34. The van der Waals surface area contributed by atoms with Crippen molar-refractivity contribution in [2.45, 2.75) is 39.2 Å². The average Bonchev–Trinajstić information content (AvgIpc) is 2.23. The molecule has 0 heterocycles. The highest BCUT2D eigenvalue weighted by Crippen LogP contribution is 2.22. The number of hydrogen-bond donors (Lipinski definition) is 1. The molecule has 15 heavy (non-hydrogen) atoms. The molecule has 1 N–H and O–H groups in total. The van der Waals surface area contributed by atoms with E-state index in [1.54, 1.807) is 0 Å². The van der Waals surface area contributed by atoms with Crippen molar-refractivity contribution in [3.8, 4) is 0 Å². The van der Waals surface area contributed by atoms with Crippen molar-refractivity contribution in [1.82, 2.24) is 0 Å². The fraction of sp³-hybridized carbons (Fsp3) is 0.538. The Kier molecular flexibility index (Phi) is 5.34. The SMILES string of the molecule is CCC(CC)C(O)Cc1ccccc1Br. The standard InChI is InChI=1S/C13H19BrO/c1-3-10(4-2)13(15)9-11-7-5-6-8-12(11)14/h5-8,10,13,15H,3-4,9H2,1-2H3. The molecule has 84 valence electrons. The van der Waals surface area contributed by atoms with Crippen LogP contribution in [0.1, 0.15) is 32.3 Å². The molecule has 0 saturated carbocycles. The summed E-state index contributed by atoms with van der Waals surface area (Å²) >= 11 is 3.51. The van der Waals surface area contributed by atoms with Crippen molar-refractivity contribution in [3.05, 3.63) is 34.3 Å². The second kappa shape index (κ2) is 6.29.